The van der Waals surface area contributed by atoms with Gasteiger partial charge in [-0.05, 0) is 31.9 Å². The van der Waals surface area contributed by atoms with E-state index in [0.29, 0.717) is 12.8 Å². The molecular weight excluding hydrogens is 282 g/mol. The minimum absolute atomic E-state index is 0.0598. The molecule has 1 unspecified atom stereocenters. The molecule has 21 heavy (non-hydrogen) atoms. The zero-order chi connectivity index (χ0) is 15.9. The number of rotatable bonds is 7. The number of carbonyl (C=O) groups excluding carboxylic acids is 1. The van der Waals surface area contributed by atoms with Gasteiger partial charge >= 0.3 is 12.6 Å². The molecule has 0 spiro atoms. The molecule has 0 saturated heterocycles. The average Bonchev–Trinajstić information content (AvgIpc) is 2.40. The number of para-hydroxylation sites is 2. The van der Waals surface area contributed by atoms with Crippen molar-refractivity contribution >= 4 is 11.7 Å². The summed E-state index contributed by atoms with van der Waals surface area (Å²) < 4.78 is 28.9. The van der Waals surface area contributed by atoms with Gasteiger partial charge in [-0.15, -0.1) is 0 Å². The quantitative estimate of drug-likeness (QED) is 0.725. The van der Waals surface area contributed by atoms with Gasteiger partial charge < -0.3 is 20.5 Å². The van der Waals surface area contributed by atoms with Crippen molar-refractivity contribution < 1.29 is 23.4 Å². The first-order valence-electron chi connectivity index (χ1n) is 6.64. The number of aliphatic hydroxyl groups excluding tert-OH is 1. The molecule has 0 aliphatic heterocycles. The number of urea groups is 1. The first kappa shape index (κ1) is 17.2. The molecule has 118 valence electrons. The Morgan fingerprint density at radius 2 is 2.10 bits per heavy atom. The number of amides is 2. The van der Waals surface area contributed by atoms with Crippen LogP contribution >= 0.6 is 0 Å². The van der Waals surface area contributed by atoms with Gasteiger partial charge in [-0.25, -0.2) is 4.79 Å². The van der Waals surface area contributed by atoms with Gasteiger partial charge in [-0.2, -0.15) is 8.78 Å². The standard InChI is InChI=1S/C14H20F2N2O3/c1-3-14(2,8-9-19)18-13(20)17-10-6-4-5-7-11(10)21-12(15)16/h4-7,12,19H,3,8-9H2,1-2H3,(H2,17,18,20). The number of benzene rings is 1. The van der Waals surface area contributed by atoms with Crippen molar-refractivity contribution in [3.05, 3.63) is 24.3 Å². The minimum Gasteiger partial charge on any atom is -0.433 e. The van der Waals surface area contributed by atoms with E-state index in [1.807, 2.05) is 6.92 Å². The molecule has 1 aromatic rings. The molecule has 1 atom stereocenters. The smallest absolute Gasteiger partial charge is 0.387 e. The Hall–Kier alpha value is -1.89. The van der Waals surface area contributed by atoms with Crippen LogP contribution in [0, 0.1) is 0 Å². The van der Waals surface area contributed by atoms with E-state index in [1.165, 1.54) is 18.2 Å². The van der Waals surface area contributed by atoms with Crippen LogP contribution < -0.4 is 15.4 Å². The third-order valence-electron chi connectivity index (χ3n) is 3.21. The van der Waals surface area contributed by atoms with Gasteiger partial charge in [0.1, 0.15) is 5.75 Å². The zero-order valence-electron chi connectivity index (χ0n) is 12.0. The molecule has 0 heterocycles. The van der Waals surface area contributed by atoms with Crippen LogP contribution in [0.15, 0.2) is 24.3 Å². The van der Waals surface area contributed by atoms with E-state index in [9.17, 15) is 13.6 Å². The fourth-order valence-corrected chi connectivity index (χ4v) is 1.77. The minimum atomic E-state index is -2.97. The van der Waals surface area contributed by atoms with Crippen LogP contribution in [-0.4, -0.2) is 29.9 Å². The zero-order valence-corrected chi connectivity index (χ0v) is 12.0. The Kier molecular flexibility index (Phi) is 6.36. The molecule has 0 radical (unpaired) electrons. The monoisotopic (exact) mass is 302 g/mol. The molecule has 0 saturated carbocycles. The summed E-state index contributed by atoms with van der Waals surface area (Å²) in [5, 5.41) is 14.2. The van der Waals surface area contributed by atoms with Gasteiger partial charge in [-0.3, -0.25) is 0 Å². The summed E-state index contributed by atoms with van der Waals surface area (Å²) in [4.78, 5) is 12.0. The Bertz CT molecular complexity index is 471. The summed E-state index contributed by atoms with van der Waals surface area (Å²) in [6, 6.07) is 5.39. The molecule has 1 aromatic carbocycles. The maximum absolute atomic E-state index is 12.3. The van der Waals surface area contributed by atoms with Crippen molar-refractivity contribution in [1.29, 1.82) is 0 Å². The average molecular weight is 302 g/mol. The van der Waals surface area contributed by atoms with Gasteiger partial charge in [-0.1, -0.05) is 19.1 Å². The van der Waals surface area contributed by atoms with Crippen LogP contribution in [0.25, 0.3) is 0 Å². The predicted molar refractivity (Wildman–Crippen MR) is 75.6 cm³/mol. The molecular formula is C14H20F2N2O3. The van der Waals surface area contributed by atoms with Crippen molar-refractivity contribution in [3.8, 4) is 5.75 Å². The molecule has 2 amide bonds. The largest absolute Gasteiger partial charge is 0.433 e. The highest BCUT2D eigenvalue weighted by molar-refractivity contribution is 5.91. The maximum Gasteiger partial charge on any atom is 0.387 e. The highest BCUT2D eigenvalue weighted by atomic mass is 19.3. The summed E-state index contributed by atoms with van der Waals surface area (Å²) in [7, 11) is 0. The maximum atomic E-state index is 12.3. The van der Waals surface area contributed by atoms with Crippen molar-refractivity contribution in [3.63, 3.8) is 0 Å². The fraction of sp³-hybridized carbons (Fsp3) is 0.500. The summed E-state index contributed by atoms with van der Waals surface area (Å²) in [5.74, 6) is -0.108. The summed E-state index contributed by atoms with van der Waals surface area (Å²) in [5.41, 5.74) is -0.421. The van der Waals surface area contributed by atoms with E-state index in [4.69, 9.17) is 5.11 Å². The third kappa shape index (κ3) is 5.55. The normalized spacial score (nSPS) is 13.6. The number of halogens is 2. The Balaban J connectivity index is 2.75. The topological polar surface area (TPSA) is 70.6 Å². The van der Waals surface area contributed by atoms with Crippen LogP contribution in [0.4, 0.5) is 19.3 Å². The Morgan fingerprint density at radius 1 is 1.43 bits per heavy atom. The Morgan fingerprint density at radius 3 is 2.67 bits per heavy atom. The first-order chi connectivity index (χ1) is 9.90. The highest BCUT2D eigenvalue weighted by Crippen LogP contribution is 2.25. The third-order valence-corrected chi connectivity index (χ3v) is 3.21. The molecule has 5 nitrogen and oxygen atoms in total. The lowest BCUT2D eigenvalue weighted by Crippen LogP contribution is -2.48. The molecule has 0 aromatic heterocycles. The van der Waals surface area contributed by atoms with Gasteiger partial charge in [0.25, 0.3) is 0 Å². The summed E-state index contributed by atoms with van der Waals surface area (Å²) >= 11 is 0. The second-order valence-electron chi connectivity index (χ2n) is 4.84. The molecule has 1 rings (SSSR count). The van der Waals surface area contributed by atoms with Crippen molar-refractivity contribution in [1.82, 2.24) is 5.32 Å². The highest BCUT2D eigenvalue weighted by Gasteiger charge is 2.24. The van der Waals surface area contributed by atoms with E-state index in [1.54, 1.807) is 13.0 Å². The van der Waals surface area contributed by atoms with Gasteiger partial charge in [0.15, 0.2) is 0 Å². The van der Waals surface area contributed by atoms with E-state index in [-0.39, 0.29) is 18.0 Å². The lowest BCUT2D eigenvalue weighted by atomic mass is 9.95. The number of anilines is 1. The number of aliphatic hydroxyl groups is 1. The van der Waals surface area contributed by atoms with Crippen molar-refractivity contribution in [2.45, 2.75) is 38.8 Å². The second-order valence-corrected chi connectivity index (χ2v) is 4.84. The second kappa shape index (κ2) is 7.78. The van der Waals surface area contributed by atoms with Crippen LogP contribution in [0.2, 0.25) is 0 Å². The lowest BCUT2D eigenvalue weighted by molar-refractivity contribution is -0.0493. The Labute approximate surface area is 122 Å². The number of ether oxygens (including phenoxy) is 1. The number of hydrogen-bond acceptors (Lipinski definition) is 3. The van der Waals surface area contributed by atoms with Gasteiger partial charge in [0, 0.05) is 12.1 Å². The van der Waals surface area contributed by atoms with Crippen LogP contribution in [0.5, 0.6) is 5.75 Å². The first-order valence-corrected chi connectivity index (χ1v) is 6.64. The number of hydrogen-bond donors (Lipinski definition) is 3. The lowest BCUT2D eigenvalue weighted by Gasteiger charge is -2.29. The fourth-order valence-electron chi connectivity index (χ4n) is 1.77. The molecule has 0 aliphatic rings. The predicted octanol–water partition coefficient (Wildman–Crippen LogP) is 2.96. The van der Waals surface area contributed by atoms with Crippen LogP contribution in [0.1, 0.15) is 26.7 Å². The van der Waals surface area contributed by atoms with Crippen LogP contribution in [0.3, 0.4) is 0 Å². The molecule has 0 aliphatic carbocycles. The number of nitrogens with one attached hydrogen (secondary N) is 2. The van der Waals surface area contributed by atoms with E-state index in [2.05, 4.69) is 15.4 Å². The van der Waals surface area contributed by atoms with Gasteiger partial charge in [0.05, 0.1) is 5.69 Å². The van der Waals surface area contributed by atoms with E-state index < -0.39 is 18.2 Å². The number of carbonyl (C=O) groups is 1. The van der Waals surface area contributed by atoms with Crippen molar-refractivity contribution in [2.24, 2.45) is 0 Å². The SMILES string of the molecule is CCC(C)(CCO)NC(=O)Nc1ccccc1OC(F)F. The molecule has 7 heteroatoms. The summed E-state index contributed by atoms with van der Waals surface area (Å²) in [6.45, 7) is 0.649. The molecule has 3 N–H and O–H groups in total. The molecule has 0 bridgehead atoms. The number of alkyl halides is 2. The molecule has 0 fully saturated rings. The van der Waals surface area contributed by atoms with Crippen molar-refractivity contribution in [2.75, 3.05) is 11.9 Å². The van der Waals surface area contributed by atoms with E-state index >= 15 is 0 Å². The van der Waals surface area contributed by atoms with Crippen LogP contribution in [-0.2, 0) is 0 Å². The van der Waals surface area contributed by atoms with E-state index in [0.717, 1.165) is 0 Å². The summed E-state index contributed by atoms with van der Waals surface area (Å²) in [6.07, 6.45) is 1.02. The van der Waals surface area contributed by atoms with Gasteiger partial charge in [0.2, 0.25) is 0 Å².